The summed E-state index contributed by atoms with van der Waals surface area (Å²) in [5, 5.41) is 6.76. The highest BCUT2D eigenvalue weighted by atomic mass is 16.5. The fourth-order valence-corrected chi connectivity index (χ4v) is 3.80. The molecular formula is C25H21N5O3. The monoisotopic (exact) mass is 439 g/mol. The fourth-order valence-electron chi connectivity index (χ4n) is 3.80. The van der Waals surface area contributed by atoms with Gasteiger partial charge in [0.05, 0.1) is 24.4 Å². The summed E-state index contributed by atoms with van der Waals surface area (Å²) in [6.45, 7) is 0.673. The molecule has 33 heavy (non-hydrogen) atoms. The van der Waals surface area contributed by atoms with Gasteiger partial charge in [-0.15, -0.1) is 0 Å². The molecule has 0 saturated heterocycles. The van der Waals surface area contributed by atoms with E-state index in [1.807, 2.05) is 48.5 Å². The van der Waals surface area contributed by atoms with Gasteiger partial charge in [0.2, 0.25) is 0 Å². The molecule has 0 bridgehead atoms. The first-order valence-electron chi connectivity index (χ1n) is 10.5. The number of nitrogens with zero attached hydrogens (tertiary/aromatic N) is 3. The van der Waals surface area contributed by atoms with Crippen molar-refractivity contribution in [2.45, 2.75) is 6.42 Å². The number of ether oxygens (including phenoxy) is 1. The predicted octanol–water partition coefficient (Wildman–Crippen LogP) is 4.30. The van der Waals surface area contributed by atoms with E-state index in [1.54, 1.807) is 19.6 Å². The largest absolute Gasteiger partial charge is 0.496 e. The second-order valence-electron chi connectivity index (χ2n) is 7.44. The molecular weight excluding hydrogens is 418 g/mol. The number of hydrogen-bond acceptors (Lipinski definition) is 7. The Balaban J connectivity index is 1.31. The minimum absolute atomic E-state index is 0.266. The van der Waals surface area contributed by atoms with E-state index in [0.717, 1.165) is 51.3 Å². The summed E-state index contributed by atoms with van der Waals surface area (Å²) in [5.41, 5.74) is 4.32. The Morgan fingerprint density at radius 3 is 2.64 bits per heavy atom. The van der Waals surface area contributed by atoms with Crippen molar-refractivity contribution >= 4 is 16.7 Å². The SMILES string of the molecule is COc1ccc2ncccc2c1CCNc1cc(-c2ccc(-c3cc(=O)[nH]o3)cc2)ncn1. The standard InChI is InChI=1S/C25H21N5O3/c1-32-22-9-8-20-18(3-2-11-26-20)19(22)10-12-27-24-13-21(28-15-29-24)16-4-6-17(7-5-16)23-14-25(31)30-33-23/h2-9,11,13-15H,10,12H2,1H3,(H,30,31)(H,27,28,29). The van der Waals surface area contributed by atoms with Crippen molar-refractivity contribution in [3.05, 3.63) is 89.1 Å². The summed E-state index contributed by atoms with van der Waals surface area (Å²) in [7, 11) is 1.68. The van der Waals surface area contributed by atoms with Crippen molar-refractivity contribution in [1.29, 1.82) is 0 Å². The summed E-state index contributed by atoms with van der Waals surface area (Å²) in [6.07, 6.45) is 4.08. The van der Waals surface area contributed by atoms with Crippen LogP contribution in [0.2, 0.25) is 0 Å². The molecule has 0 aliphatic rings. The zero-order chi connectivity index (χ0) is 22.6. The number of hydrogen-bond donors (Lipinski definition) is 2. The lowest BCUT2D eigenvalue weighted by atomic mass is 10.0. The molecule has 0 unspecified atom stereocenters. The molecule has 0 atom stereocenters. The first kappa shape index (κ1) is 20.4. The summed E-state index contributed by atoms with van der Waals surface area (Å²) in [6, 6.07) is 18.9. The lowest BCUT2D eigenvalue weighted by molar-refractivity contribution is 0.411. The molecule has 0 fully saturated rings. The van der Waals surface area contributed by atoms with Gasteiger partial charge >= 0.3 is 0 Å². The maximum atomic E-state index is 11.3. The summed E-state index contributed by atoms with van der Waals surface area (Å²) in [4.78, 5) is 24.5. The highest BCUT2D eigenvalue weighted by Crippen LogP contribution is 2.28. The second kappa shape index (κ2) is 8.96. The zero-order valence-corrected chi connectivity index (χ0v) is 17.9. The number of anilines is 1. The number of nitrogens with one attached hydrogen (secondary N) is 2. The molecule has 3 aromatic heterocycles. The van der Waals surface area contributed by atoms with Crippen LogP contribution in [-0.4, -0.2) is 33.8 Å². The van der Waals surface area contributed by atoms with Gasteiger partial charge in [0.1, 0.15) is 17.9 Å². The number of H-pyrrole nitrogens is 1. The normalized spacial score (nSPS) is 10.9. The molecule has 0 aliphatic heterocycles. The minimum atomic E-state index is -0.266. The molecule has 2 N–H and O–H groups in total. The van der Waals surface area contributed by atoms with Crippen LogP contribution in [0.1, 0.15) is 5.56 Å². The molecule has 0 radical (unpaired) electrons. The third kappa shape index (κ3) is 4.31. The van der Waals surface area contributed by atoms with Crippen molar-refractivity contribution in [3.8, 4) is 28.3 Å². The average molecular weight is 439 g/mol. The van der Waals surface area contributed by atoms with Crippen LogP contribution in [0.25, 0.3) is 33.5 Å². The third-order valence-electron chi connectivity index (χ3n) is 5.41. The van der Waals surface area contributed by atoms with Crippen LogP contribution < -0.4 is 15.6 Å². The van der Waals surface area contributed by atoms with Crippen molar-refractivity contribution in [1.82, 2.24) is 20.1 Å². The van der Waals surface area contributed by atoms with Crippen LogP contribution in [0, 0.1) is 0 Å². The Morgan fingerprint density at radius 2 is 1.85 bits per heavy atom. The van der Waals surface area contributed by atoms with Gasteiger partial charge in [-0.25, -0.2) is 9.97 Å². The third-order valence-corrected chi connectivity index (χ3v) is 5.41. The van der Waals surface area contributed by atoms with Gasteiger partial charge in [0.15, 0.2) is 5.76 Å². The molecule has 5 rings (SSSR count). The first-order valence-corrected chi connectivity index (χ1v) is 10.5. The molecule has 0 amide bonds. The maximum Gasteiger partial charge on any atom is 0.280 e. The molecule has 164 valence electrons. The first-order chi connectivity index (χ1) is 16.2. The van der Waals surface area contributed by atoms with Crippen LogP contribution in [0.5, 0.6) is 5.75 Å². The molecule has 0 saturated carbocycles. The smallest absolute Gasteiger partial charge is 0.280 e. The van der Waals surface area contributed by atoms with Crippen molar-refractivity contribution in [2.75, 3.05) is 19.0 Å². The molecule has 5 aromatic rings. The van der Waals surface area contributed by atoms with Crippen LogP contribution in [0.3, 0.4) is 0 Å². The number of aromatic amines is 1. The van der Waals surface area contributed by atoms with Gasteiger partial charge in [-0.2, -0.15) is 5.16 Å². The van der Waals surface area contributed by atoms with E-state index >= 15 is 0 Å². The number of aromatic nitrogens is 4. The maximum absolute atomic E-state index is 11.3. The van der Waals surface area contributed by atoms with Crippen LogP contribution in [0.15, 0.2) is 82.5 Å². The Kier molecular flexibility index (Phi) is 5.55. The average Bonchev–Trinajstić information content (AvgIpc) is 3.30. The van der Waals surface area contributed by atoms with E-state index in [-0.39, 0.29) is 5.56 Å². The highest BCUT2D eigenvalue weighted by Gasteiger charge is 2.10. The molecule has 0 spiro atoms. The van der Waals surface area contributed by atoms with E-state index in [9.17, 15) is 4.79 Å². The summed E-state index contributed by atoms with van der Waals surface area (Å²) >= 11 is 0. The lowest BCUT2D eigenvalue weighted by Crippen LogP contribution is -2.08. The van der Waals surface area contributed by atoms with E-state index in [0.29, 0.717) is 12.3 Å². The van der Waals surface area contributed by atoms with Crippen LogP contribution >= 0.6 is 0 Å². The Bertz CT molecular complexity index is 1460. The van der Waals surface area contributed by atoms with Gasteiger partial charge < -0.3 is 14.6 Å². The summed E-state index contributed by atoms with van der Waals surface area (Å²) < 4.78 is 10.7. The lowest BCUT2D eigenvalue weighted by Gasteiger charge is -2.13. The van der Waals surface area contributed by atoms with Gasteiger partial charge in [-0.05, 0) is 24.6 Å². The zero-order valence-electron chi connectivity index (χ0n) is 17.9. The van der Waals surface area contributed by atoms with E-state index < -0.39 is 0 Å². The topological polar surface area (TPSA) is 106 Å². The number of fused-ring (bicyclic) bond motifs is 1. The fraction of sp³-hybridized carbons (Fsp3) is 0.120. The van der Waals surface area contributed by atoms with E-state index in [4.69, 9.17) is 9.26 Å². The number of benzene rings is 2. The van der Waals surface area contributed by atoms with Gasteiger partial charge in [-0.1, -0.05) is 30.3 Å². The Labute approximate surface area is 189 Å². The molecule has 2 aromatic carbocycles. The molecule has 8 heteroatoms. The van der Waals surface area contributed by atoms with E-state index in [1.165, 1.54) is 6.07 Å². The van der Waals surface area contributed by atoms with Crippen LogP contribution in [0.4, 0.5) is 5.82 Å². The molecule has 8 nitrogen and oxygen atoms in total. The summed E-state index contributed by atoms with van der Waals surface area (Å²) in [5.74, 6) is 2.08. The molecule has 0 aliphatic carbocycles. The highest BCUT2D eigenvalue weighted by molar-refractivity contribution is 5.84. The van der Waals surface area contributed by atoms with Gasteiger partial charge in [0, 0.05) is 40.9 Å². The minimum Gasteiger partial charge on any atom is -0.496 e. The number of methoxy groups -OCH3 is 1. The van der Waals surface area contributed by atoms with E-state index in [2.05, 4.69) is 31.5 Å². The van der Waals surface area contributed by atoms with Gasteiger partial charge in [0.25, 0.3) is 5.56 Å². The Morgan fingerprint density at radius 1 is 1.00 bits per heavy atom. The Hall–Kier alpha value is -4.46. The quantitative estimate of drug-likeness (QED) is 0.389. The van der Waals surface area contributed by atoms with Crippen molar-refractivity contribution in [2.24, 2.45) is 0 Å². The predicted molar refractivity (Wildman–Crippen MR) is 126 cm³/mol. The number of rotatable bonds is 7. The van der Waals surface area contributed by atoms with Crippen LogP contribution in [-0.2, 0) is 6.42 Å². The van der Waals surface area contributed by atoms with Gasteiger partial charge in [-0.3, -0.25) is 9.78 Å². The van der Waals surface area contributed by atoms with Crippen molar-refractivity contribution < 1.29 is 9.26 Å². The second-order valence-corrected chi connectivity index (χ2v) is 7.44. The molecule has 3 heterocycles. The van der Waals surface area contributed by atoms with Crippen molar-refractivity contribution in [3.63, 3.8) is 0 Å². The number of pyridine rings is 1.